The van der Waals surface area contributed by atoms with Crippen LogP contribution in [0.4, 0.5) is 0 Å². The molecule has 0 saturated carbocycles. The van der Waals surface area contributed by atoms with Gasteiger partial charge in [0.1, 0.15) is 33.1 Å². The highest BCUT2D eigenvalue weighted by Gasteiger charge is 2.07. The van der Waals surface area contributed by atoms with Gasteiger partial charge in [0, 0.05) is 0 Å². The Kier molecular flexibility index (Phi) is 15.4. The molecule has 0 aromatic heterocycles. The minimum atomic E-state index is -1.10. The first kappa shape index (κ1) is 24.3. The third kappa shape index (κ3) is 56.3. The van der Waals surface area contributed by atoms with E-state index in [4.69, 9.17) is 17.5 Å². The van der Waals surface area contributed by atoms with E-state index in [1.165, 1.54) is 0 Å². The Morgan fingerprint density at radius 2 is 1.11 bits per heavy atom. The zero-order chi connectivity index (χ0) is 16.3. The lowest BCUT2D eigenvalue weighted by molar-refractivity contribution is 1.81. The van der Waals surface area contributed by atoms with Crippen molar-refractivity contribution in [1.82, 2.24) is 0 Å². The fraction of sp³-hybridized carbons (Fsp3) is 0.714. The molecule has 0 aromatic rings. The summed E-state index contributed by atoms with van der Waals surface area (Å²) in [6.45, 7) is 22.0. The summed E-state index contributed by atoms with van der Waals surface area (Å²) >= 11 is 5.41. The van der Waals surface area contributed by atoms with Crippen LogP contribution in [-0.4, -0.2) is 33.1 Å². The summed E-state index contributed by atoms with van der Waals surface area (Å²) in [7, 11) is -3.41. The van der Waals surface area contributed by atoms with E-state index in [-0.39, 0.29) is 0 Å². The van der Waals surface area contributed by atoms with Crippen LogP contribution in [0.5, 0.6) is 0 Å². The van der Waals surface area contributed by atoms with Gasteiger partial charge in [-0.05, 0) is 0 Å². The maximum absolute atomic E-state index is 5.41. The second-order valence-corrected chi connectivity index (χ2v) is 23.9. The van der Waals surface area contributed by atoms with Gasteiger partial charge >= 0.3 is 0 Å². The Labute approximate surface area is 132 Å². The van der Waals surface area contributed by atoms with Crippen LogP contribution in [0.15, 0.2) is 0 Å². The second-order valence-electron chi connectivity index (χ2n) is 7.08. The average molecular weight is 349 g/mol. The van der Waals surface area contributed by atoms with Gasteiger partial charge in [-0.25, -0.2) is 0 Å². The monoisotopic (exact) mass is 348 g/mol. The van der Waals surface area contributed by atoms with E-state index >= 15 is 0 Å². The van der Waals surface area contributed by atoms with E-state index in [9.17, 15) is 0 Å². The molecule has 0 bridgehead atoms. The van der Waals surface area contributed by atoms with Crippen molar-refractivity contribution in [1.29, 1.82) is 0 Å². The smallest absolute Gasteiger partial charge is 0.134 e. The van der Waals surface area contributed by atoms with Crippen molar-refractivity contribution >= 4 is 44.1 Å². The number of halogens is 1. The SMILES string of the molecule is C#C[Si](C)(C)C.C[SiH](C)C#C[Si](C)(C)C.C[SiH](C)Cl. The molecule has 0 amide bonds. The minimum Gasteiger partial charge on any atom is -0.172 e. The summed E-state index contributed by atoms with van der Waals surface area (Å²) in [5.41, 5.74) is 9.45. The molecule has 0 atom stereocenters. The van der Waals surface area contributed by atoms with Crippen molar-refractivity contribution in [2.45, 2.75) is 65.5 Å². The molecule has 0 unspecified atom stereocenters. The van der Waals surface area contributed by atoms with Gasteiger partial charge in [0.2, 0.25) is 0 Å². The lowest BCUT2D eigenvalue weighted by atomic mass is 11.4. The average Bonchev–Trinajstić information content (AvgIpc) is 2.13. The van der Waals surface area contributed by atoms with Crippen molar-refractivity contribution in [3.8, 4) is 23.1 Å². The quantitative estimate of drug-likeness (QED) is 0.341. The Hall–Kier alpha value is 0.278. The van der Waals surface area contributed by atoms with Gasteiger partial charge < -0.3 is 0 Å². The highest BCUT2D eigenvalue weighted by atomic mass is 35.6. The Morgan fingerprint density at radius 3 is 1.16 bits per heavy atom. The normalized spacial score (nSPS) is 10.3. The van der Waals surface area contributed by atoms with E-state index in [1.807, 2.05) is 0 Å². The molecule has 0 saturated heterocycles. The van der Waals surface area contributed by atoms with Crippen LogP contribution < -0.4 is 0 Å². The van der Waals surface area contributed by atoms with Crippen LogP contribution in [-0.2, 0) is 0 Å². The first-order valence-electron chi connectivity index (χ1n) is 6.85. The van der Waals surface area contributed by atoms with E-state index in [0.29, 0.717) is 0 Å². The van der Waals surface area contributed by atoms with Crippen molar-refractivity contribution < 1.29 is 0 Å². The van der Waals surface area contributed by atoms with Crippen molar-refractivity contribution in [2.24, 2.45) is 0 Å². The first-order valence-corrected chi connectivity index (χ1v) is 20.8. The molecule has 19 heavy (non-hydrogen) atoms. The lowest BCUT2D eigenvalue weighted by Crippen LogP contribution is -2.17. The van der Waals surface area contributed by atoms with Crippen molar-refractivity contribution in [2.75, 3.05) is 0 Å². The molecule has 0 nitrogen and oxygen atoms in total. The lowest BCUT2D eigenvalue weighted by Gasteiger charge is -2.03. The predicted octanol–water partition coefficient (Wildman–Crippen LogP) is 4.60. The maximum atomic E-state index is 5.41. The summed E-state index contributed by atoms with van der Waals surface area (Å²) in [4.78, 5) is 0. The number of hydrogen-bond donors (Lipinski definition) is 0. The summed E-state index contributed by atoms with van der Waals surface area (Å²) < 4.78 is 0. The summed E-state index contributed by atoms with van der Waals surface area (Å²) in [6, 6.07) is 0. The molecule has 5 heteroatoms. The van der Waals surface area contributed by atoms with E-state index < -0.39 is 33.1 Å². The predicted molar refractivity (Wildman–Crippen MR) is 107 cm³/mol. The molecule has 0 aromatic carbocycles. The van der Waals surface area contributed by atoms with Crippen LogP contribution in [0.1, 0.15) is 0 Å². The summed E-state index contributed by atoms with van der Waals surface area (Å²) in [6.07, 6.45) is 5.12. The zero-order valence-electron chi connectivity index (χ0n) is 14.6. The molecule has 0 N–H and O–H groups in total. The molecule has 0 fully saturated rings. The molecule has 112 valence electrons. The van der Waals surface area contributed by atoms with Gasteiger partial charge in [0.25, 0.3) is 0 Å². The molecule has 0 spiro atoms. The van der Waals surface area contributed by atoms with Gasteiger partial charge in [-0.2, -0.15) is 11.1 Å². The van der Waals surface area contributed by atoms with Crippen LogP contribution >= 0.6 is 11.1 Å². The first-order chi connectivity index (χ1) is 8.21. The number of terminal acetylenes is 1. The number of hydrogen-bond acceptors (Lipinski definition) is 0. The topological polar surface area (TPSA) is 0 Å². The Morgan fingerprint density at radius 1 is 0.842 bits per heavy atom. The fourth-order valence-corrected chi connectivity index (χ4v) is 3.25. The van der Waals surface area contributed by atoms with Crippen LogP contribution in [0.25, 0.3) is 0 Å². The van der Waals surface area contributed by atoms with Gasteiger partial charge in [-0.3, -0.25) is 0 Å². The Bertz CT molecular complexity index is 303. The summed E-state index contributed by atoms with van der Waals surface area (Å²) in [5.74, 6) is 0. The molecular weight excluding hydrogens is 316 g/mol. The molecule has 0 aliphatic rings. The van der Waals surface area contributed by atoms with Crippen molar-refractivity contribution in [3.63, 3.8) is 0 Å². The fourth-order valence-electron chi connectivity index (χ4n) is 0.361. The maximum Gasteiger partial charge on any atom is 0.134 e. The highest BCUT2D eigenvalue weighted by Crippen LogP contribution is 1.96. The molecule has 0 rings (SSSR count). The minimum absolute atomic E-state index is 0.597. The van der Waals surface area contributed by atoms with Gasteiger partial charge in [0.15, 0.2) is 0 Å². The Balaban J connectivity index is -0.000000222. The molecule has 0 aliphatic carbocycles. The van der Waals surface area contributed by atoms with Gasteiger partial charge in [-0.1, -0.05) is 65.5 Å². The molecule has 0 heterocycles. The van der Waals surface area contributed by atoms with E-state index in [1.54, 1.807) is 0 Å². The highest BCUT2D eigenvalue weighted by molar-refractivity contribution is 7.05. The standard InChI is InChI=1S/C7H16Si2.C5H10Si.C2H7ClSi/c1-8(2)6-7-9(3,4)5;1-5-6(2,3)4;1-4(2)3/h8H,1-5H3;1H,2-4H3;4H,1-2H3. The van der Waals surface area contributed by atoms with Gasteiger partial charge in [-0.15, -0.1) is 23.1 Å². The van der Waals surface area contributed by atoms with Gasteiger partial charge in [0.05, 0.1) is 0 Å². The molecule has 0 aliphatic heterocycles. The molecule has 0 radical (unpaired) electrons. The largest absolute Gasteiger partial charge is 0.172 e. The second kappa shape index (κ2) is 12.1. The zero-order valence-corrected chi connectivity index (χ0v) is 19.7. The van der Waals surface area contributed by atoms with E-state index in [2.05, 4.69) is 82.1 Å². The number of rotatable bonds is 0. The molecular formula is C14H33ClSi4. The van der Waals surface area contributed by atoms with Crippen LogP contribution in [0.2, 0.25) is 65.5 Å². The van der Waals surface area contributed by atoms with Crippen molar-refractivity contribution in [3.05, 3.63) is 0 Å². The third-order valence-corrected chi connectivity index (χ3v) is 3.94. The summed E-state index contributed by atoms with van der Waals surface area (Å²) in [5, 5.41) is 0. The third-order valence-electron chi connectivity index (χ3n) is 1.17. The van der Waals surface area contributed by atoms with Crippen LogP contribution in [0, 0.1) is 23.1 Å². The van der Waals surface area contributed by atoms with E-state index in [0.717, 1.165) is 0 Å². The van der Waals surface area contributed by atoms with Crippen LogP contribution in [0.3, 0.4) is 0 Å².